The molecule has 0 saturated carbocycles. The molecule has 2 aromatic heterocycles. The number of hydrogen-bond donors (Lipinski definition) is 2. The molecule has 4 rings (SSSR count). The van der Waals surface area contributed by atoms with Gasteiger partial charge in [0.2, 0.25) is 5.95 Å². The van der Waals surface area contributed by atoms with Gasteiger partial charge in [0.05, 0.1) is 11.1 Å². The zero-order valence-electron chi connectivity index (χ0n) is 13.8. The van der Waals surface area contributed by atoms with Crippen molar-refractivity contribution in [2.24, 2.45) is 5.84 Å². The third-order valence-corrected chi connectivity index (χ3v) is 5.95. The van der Waals surface area contributed by atoms with E-state index in [1.807, 2.05) is 31.2 Å². The standard InChI is InChI=1S/C18H20N4OS/c1-10-6-8-12(9-7-10)22-17(23)15-14-11(2)4-3-5-13(14)24-16(15)20-18(22)21-19/h6-9,11H,3-5,19H2,1-2H3,(H,20,21)/t11-/m1/s1. The van der Waals surface area contributed by atoms with Crippen molar-refractivity contribution >= 4 is 27.5 Å². The van der Waals surface area contributed by atoms with Gasteiger partial charge in [-0.15, -0.1) is 11.3 Å². The van der Waals surface area contributed by atoms with Crippen molar-refractivity contribution in [3.8, 4) is 5.69 Å². The second-order valence-corrected chi connectivity index (χ2v) is 7.55. The van der Waals surface area contributed by atoms with Crippen LogP contribution in [0.15, 0.2) is 29.1 Å². The van der Waals surface area contributed by atoms with Crippen molar-refractivity contribution in [3.63, 3.8) is 0 Å². The number of thiophene rings is 1. The number of aromatic nitrogens is 2. The highest BCUT2D eigenvalue weighted by molar-refractivity contribution is 7.18. The van der Waals surface area contributed by atoms with Crippen LogP contribution in [-0.4, -0.2) is 9.55 Å². The van der Waals surface area contributed by atoms with Crippen LogP contribution in [0.1, 0.15) is 41.7 Å². The first kappa shape index (κ1) is 15.4. The molecule has 0 radical (unpaired) electrons. The number of hydrazine groups is 1. The average molecular weight is 340 g/mol. The molecule has 0 aliphatic heterocycles. The van der Waals surface area contributed by atoms with Gasteiger partial charge in [0.25, 0.3) is 5.56 Å². The number of benzene rings is 1. The topological polar surface area (TPSA) is 72.9 Å². The summed E-state index contributed by atoms with van der Waals surface area (Å²) < 4.78 is 1.58. The van der Waals surface area contributed by atoms with E-state index in [9.17, 15) is 4.79 Å². The number of nitrogen functional groups attached to an aromatic ring is 1. The van der Waals surface area contributed by atoms with E-state index >= 15 is 0 Å². The van der Waals surface area contributed by atoms with Crippen LogP contribution in [0.3, 0.4) is 0 Å². The Bertz CT molecular complexity index is 971. The number of anilines is 1. The largest absolute Gasteiger partial charge is 0.293 e. The fourth-order valence-corrected chi connectivity index (χ4v) is 4.89. The van der Waals surface area contributed by atoms with Crippen LogP contribution < -0.4 is 16.8 Å². The first-order chi connectivity index (χ1) is 11.6. The van der Waals surface area contributed by atoms with Crippen LogP contribution in [0.2, 0.25) is 0 Å². The Morgan fingerprint density at radius 1 is 1.33 bits per heavy atom. The Kier molecular flexibility index (Phi) is 3.66. The number of aryl methyl sites for hydroxylation is 2. The second-order valence-electron chi connectivity index (χ2n) is 6.47. The molecule has 1 aliphatic rings. The van der Waals surface area contributed by atoms with Gasteiger partial charge in [0, 0.05) is 4.88 Å². The zero-order valence-corrected chi connectivity index (χ0v) is 14.6. The Morgan fingerprint density at radius 2 is 2.08 bits per heavy atom. The minimum absolute atomic E-state index is 0.0388. The third kappa shape index (κ3) is 2.25. The van der Waals surface area contributed by atoms with E-state index in [0.717, 1.165) is 34.3 Å². The fourth-order valence-electron chi connectivity index (χ4n) is 3.57. The second kappa shape index (κ2) is 5.72. The highest BCUT2D eigenvalue weighted by Crippen LogP contribution is 2.40. The van der Waals surface area contributed by atoms with Gasteiger partial charge in [-0.3, -0.25) is 10.2 Å². The molecule has 1 atom stereocenters. The maximum Gasteiger partial charge on any atom is 0.268 e. The van der Waals surface area contributed by atoms with Gasteiger partial charge in [-0.25, -0.2) is 15.4 Å². The number of rotatable bonds is 2. The van der Waals surface area contributed by atoms with Crippen molar-refractivity contribution < 1.29 is 0 Å². The summed E-state index contributed by atoms with van der Waals surface area (Å²) in [5.41, 5.74) is 5.67. The van der Waals surface area contributed by atoms with Crippen molar-refractivity contribution in [2.45, 2.75) is 39.0 Å². The summed E-state index contributed by atoms with van der Waals surface area (Å²) in [5.74, 6) is 6.44. The minimum Gasteiger partial charge on any atom is -0.293 e. The number of hydrogen-bond acceptors (Lipinski definition) is 5. The molecule has 0 saturated heterocycles. The number of nitrogens with one attached hydrogen (secondary N) is 1. The lowest BCUT2D eigenvalue weighted by Crippen LogP contribution is -2.26. The van der Waals surface area contributed by atoms with E-state index in [0.29, 0.717) is 11.9 Å². The Balaban J connectivity index is 2.06. The lowest BCUT2D eigenvalue weighted by Gasteiger charge is -2.19. The maximum absolute atomic E-state index is 13.3. The van der Waals surface area contributed by atoms with Gasteiger partial charge in [0.1, 0.15) is 4.83 Å². The van der Waals surface area contributed by atoms with Crippen LogP contribution in [0.25, 0.3) is 15.9 Å². The summed E-state index contributed by atoms with van der Waals surface area (Å²) >= 11 is 1.63. The van der Waals surface area contributed by atoms with Crippen LogP contribution in [0, 0.1) is 6.92 Å². The molecular formula is C18H20N4OS. The van der Waals surface area contributed by atoms with E-state index in [2.05, 4.69) is 17.3 Å². The van der Waals surface area contributed by atoms with Gasteiger partial charge in [-0.2, -0.15) is 0 Å². The Morgan fingerprint density at radius 3 is 2.79 bits per heavy atom. The fraction of sp³-hybridized carbons (Fsp3) is 0.333. The first-order valence-corrected chi connectivity index (χ1v) is 9.03. The monoisotopic (exact) mass is 340 g/mol. The maximum atomic E-state index is 13.3. The van der Waals surface area contributed by atoms with Crippen molar-refractivity contribution in [1.82, 2.24) is 9.55 Å². The quantitative estimate of drug-likeness (QED) is 0.553. The molecule has 5 nitrogen and oxygen atoms in total. The Hall–Kier alpha value is -2.18. The van der Waals surface area contributed by atoms with Gasteiger partial charge >= 0.3 is 0 Å². The van der Waals surface area contributed by atoms with Gasteiger partial charge in [0.15, 0.2) is 0 Å². The molecule has 0 amide bonds. The molecular weight excluding hydrogens is 320 g/mol. The molecule has 6 heteroatoms. The van der Waals surface area contributed by atoms with Crippen LogP contribution in [-0.2, 0) is 6.42 Å². The number of nitrogens with two attached hydrogens (primary N) is 1. The van der Waals surface area contributed by atoms with Gasteiger partial charge < -0.3 is 0 Å². The van der Waals surface area contributed by atoms with E-state index < -0.39 is 0 Å². The predicted molar refractivity (Wildman–Crippen MR) is 99.1 cm³/mol. The summed E-state index contributed by atoms with van der Waals surface area (Å²) in [6.45, 7) is 4.22. The summed E-state index contributed by atoms with van der Waals surface area (Å²) in [7, 11) is 0. The average Bonchev–Trinajstić information content (AvgIpc) is 2.96. The van der Waals surface area contributed by atoms with Crippen LogP contribution in [0.4, 0.5) is 5.95 Å². The SMILES string of the molecule is Cc1ccc(-n2c(NN)nc3sc4c(c3c2=O)[C@H](C)CCC4)cc1. The molecule has 124 valence electrons. The van der Waals surface area contributed by atoms with Crippen LogP contribution in [0.5, 0.6) is 0 Å². The molecule has 0 spiro atoms. The lowest BCUT2D eigenvalue weighted by molar-refractivity contribution is 0.601. The summed E-state index contributed by atoms with van der Waals surface area (Å²) in [4.78, 5) is 20.0. The first-order valence-electron chi connectivity index (χ1n) is 8.22. The highest BCUT2D eigenvalue weighted by atomic mass is 32.1. The van der Waals surface area contributed by atoms with Gasteiger partial charge in [-0.05, 0) is 49.8 Å². The molecule has 1 aromatic carbocycles. The zero-order chi connectivity index (χ0) is 16.8. The minimum atomic E-state index is -0.0388. The molecule has 1 aliphatic carbocycles. The smallest absolute Gasteiger partial charge is 0.268 e. The van der Waals surface area contributed by atoms with Gasteiger partial charge in [-0.1, -0.05) is 24.6 Å². The summed E-state index contributed by atoms with van der Waals surface area (Å²) in [6.07, 6.45) is 3.34. The molecule has 0 unspecified atom stereocenters. The van der Waals surface area contributed by atoms with E-state index in [1.54, 1.807) is 15.9 Å². The molecule has 0 bridgehead atoms. The van der Waals surface area contributed by atoms with E-state index in [-0.39, 0.29) is 5.56 Å². The number of fused-ring (bicyclic) bond motifs is 3. The lowest BCUT2D eigenvalue weighted by atomic mass is 9.88. The Labute approximate surface area is 144 Å². The van der Waals surface area contributed by atoms with Crippen molar-refractivity contribution in [2.75, 3.05) is 5.43 Å². The highest BCUT2D eigenvalue weighted by Gasteiger charge is 2.26. The molecule has 2 heterocycles. The van der Waals surface area contributed by atoms with E-state index in [1.165, 1.54) is 16.9 Å². The molecule has 3 aromatic rings. The number of nitrogens with zero attached hydrogens (tertiary/aromatic N) is 2. The summed E-state index contributed by atoms with van der Waals surface area (Å²) in [6, 6.07) is 7.82. The van der Waals surface area contributed by atoms with Crippen LogP contribution >= 0.6 is 11.3 Å². The van der Waals surface area contributed by atoms with Crippen molar-refractivity contribution in [1.29, 1.82) is 0 Å². The van der Waals surface area contributed by atoms with E-state index in [4.69, 9.17) is 5.84 Å². The predicted octanol–water partition coefficient (Wildman–Crippen LogP) is 3.48. The normalized spacial score (nSPS) is 17.0. The molecule has 3 N–H and O–H groups in total. The summed E-state index contributed by atoms with van der Waals surface area (Å²) in [5, 5.41) is 0.766. The molecule has 0 fully saturated rings. The third-order valence-electron chi connectivity index (χ3n) is 4.79. The molecule has 24 heavy (non-hydrogen) atoms. The van der Waals surface area contributed by atoms with Crippen molar-refractivity contribution in [3.05, 3.63) is 50.6 Å².